The molecule has 156 valence electrons. The molecule has 1 aliphatic carbocycles. The third-order valence-corrected chi connectivity index (χ3v) is 6.76. The van der Waals surface area contributed by atoms with Gasteiger partial charge >= 0.3 is 0 Å². The molecule has 1 heterocycles. The molecule has 9 heteroatoms. The van der Waals surface area contributed by atoms with Crippen molar-refractivity contribution < 1.29 is 8.42 Å². The van der Waals surface area contributed by atoms with Gasteiger partial charge in [0.05, 0.1) is 5.75 Å². The normalized spacial score (nSPS) is 16.3. The Labute approximate surface area is 185 Å². The zero-order valence-electron chi connectivity index (χ0n) is 16.2. The van der Waals surface area contributed by atoms with E-state index in [9.17, 15) is 8.42 Å². The zero-order chi connectivity index (χ0) is 18.8. The minimum Gasteiger partial charge on any atom is -0.357 e. The second-order valence-electron chi connectivity index (χ2n) is 7.00. The number of hydrogen-bond donors (Lipinski definition) is 3. The number of halogens is 1. The lowest BCUT2D eigenvalue weighted by Gasteiger charge is -2.25. The van der Waals surface area contributed by atoms with Crippen LogP contribution in [0.5, 0.6) is 0 Å². The van der Waals surface area contributed by atoms with Crippen LogP contribution < -0.4 is 15.4 Å². The minimum absolute atomic E-state index is 0. The number of nitrogens with zero attached hydrogens (tertiary/aromatic N) is 1. The standard InChI is InChI=1S/C18H32N4O2S2.HI/c1-3-19-18(21-13-15(2)12-17-8-5-10-25-17)20-9-11-26(23,24)22-14-16-6-4-7-16;/h5,8,10,15-16,22H,3-4,6-7,9,11-14H2,1-2H3,(H2,19,20,21);1H. The summed E-state index contributed by atoms with van der Waals surface area (Å²) >= 11 is 1.77. The van der Waals surface area contributed by atoms with E-state index < -0.39 is 10.0 Å². The Bertz CT molecular complexity index is 646. The number of guanidine groups is 1. The highest BCUT2D eigenvalue weighted by molar-refractivity contribution is 14.0. The molecule has 0 aromatic carbocycles. The number of aliphatic imine (C=N–C) groups is 1. The van der Waals surface area contributed by atoms with Gasteiger partial charge in [0, 0.05) is 31.1 Å². The van der Waals surface area contributed by atoms with E-state index in [4.69, 9.17) is 0 Å². The summed E-state index contributed by atoms with van der Waals surface area (Å²) in [5, 5.41) is 8.40. The first-order valence-electron chi connectivity index (χ1n) is 9.50. The molecule has 1 aromatic rings. The molecular weight excluding hydrogens is 495 g/mol. The molecular formula is C18H33IN4O2S2. The van der Waals surface area contributed by atoms with E-state index in [0.29, 0.717) is 37.4 Å². The van der Waals surface area contributed by atoms with Gasteiger partial charge in [0.2, 0.25) is 10.0 Å². The summed E-state index contributed by atoms with van der Waals surface area (Å²) in [5.74, 6) is 1.72. The van der Waals surface area contributed by atoms with Gasteiger partial charge in [0.1, 0.15) is 0 Å². The Kier molecular flexibility index (Phi) is 11.8. The summed E-state index contributed by atoms with van der Waals surface area (Å²) in [4.78, 5) is 5.96. The Hall–Kier alpha value is -0.390. The smallest absolute Gasteiger partial charge is 0.213 e. The number of hydrogen-bond acceptors (Lipinski definition) is 4. The third kappa shape index (κ3) is 10.1. The van der Waals surface area contributed by atoms with Crippen LogP contribution in [0.3, 0.4) is 0 Å². The Morgan fingerprint density at radius 1 is 1.37 bits per heavy atom. The van der Waals surface area contributed by atoms with Gasteiger partial charge in [-0.2, -0.15) is 0 Å². The predicted molar refractivity (Wildman–Crippen MR) is 126 cm³/mol. The molecule has 3 N–H and O–H groups in total. The van der Waals surface area contributed by atoms with Crippen LogP contribution in [-0.2, 0) is 16.4 Å². The van der Waals surface area contributed by atoms with Gasteiger partial charge in [-0.3, -0.25) is 4.99 Å². The fourth-order valence-corrected chi connectivity index (χ4v) is 4.62. The van der Waals surface area contributed by atoms with Crippen LogP contribution in [0.1, 0.15) is 38.0 Å². The summed E-state index contributed by atoms with van der Waals surface area (Å²) in [5.41, 5.74) is 0. The van der Waals surface area contributed by atoms with Crippen molar-refractivity contribution in [1.29, 1.82) is 0 Å². The van der Waals surface area contributed by atoms with Crippen LogP contribution in [0.15, 0.2) is 22.5 Å². The quantitative estimate of drug-likeness (QED) is 0.235. The molecule has 1 atom stereocenters. The van der Waals surface area contributed by atoms with Crippen molar-refractivity contribution in [2.45, 2.75) is 39.5 Å². The van der Waals surface area contributed by atoms with Crippen molar-refractivity contribution in [1.82, 2.24) is 15.4 Å². The maximum atomic E-state index is 12.0. The highest BCUT2D eigenvalue weighted by Crippen LogP contribution is 2.25. The lowest BCUT2D eigenvalue weighted by Crippen LogP contribution is -2.42. The molecule has 1 aliphatic rings. The molecule has 1 aromatic heterocycles. The fourth-order valence-electron chi connectivity index (χ4n) is 2.74. The maximum Gasteiger partial charge on any atom is 0.213 e. The first-order valence-corrected chi connectivity index (χ1v) is 12.0. The van der Waals surface area contributed by atoms with E-state index in [0.717, 1.165) is 25.8 Å². The molecule has 0 amide bonds. The van der Waals surface area contributed by atoms with Gasteiger partial charge < -0.3 is 10.6 Å². The van der Waals surface area contributed by atoms with E-state index >= 15 is 0 Å². The molecule has 0 saturated heterocycles. The van der Waals surface area contributed by atoms with Gasteiger partial charge in [0.15, 0.2) is 5.96 Å². The SMILES string of the molecule is CCNC(=NCC(C)Cc1cccs1)NCCS(=O)(=O)NCC1CCC1.I. The largest absolute Gasteiger partial charge is 0.357 e. The zero-order valence-corrected chi connectivity index (χ0v) is 20.2. The highest BCUT2D eigenvalue weighted by Gasteiger charge is 2.20. The van der Waals surface area contributed by atoms with Gasteiger partial charge in [-0.05, 0) is 49.5 Å². The first-order chi connectivity index (χ1) is 12.5. The fraction of sp³-hybridized carbons (Fsp3) is 0.722. The molecule has 2 rings (SSSR count). The van der Waals surface area contributed by atoms with Crippen molar-refractivity contribution in [3.8, 4) is 0 Å². The van der Waals surface area contributed by atoms with Gasteiger partial charge in [-0.1, -0.05) is 19.4 Å². The summed E-state index contributed by atoms with van der Waals surface area (Å²) in [7, 11) is -3.22. The van der Waals surface area contributed by atoms with E-state index in [2.05, 4.69) is 44.8 Å². The average Bonchev–Trinajstić information content (AvgIpc) is 3.03. The lowest BCUT2D eigenvalue weighted by atomic mass is 9.86. The van der Waals surface area contributed by atoms with Crippen LogP contribution in [0, 0.1) is 11.8 Å². The molecule has 1 unspecified atom stereocenters. The maximum absolute atomic E-state index is 12.0. The van der Waals surface area contributed by atoms with Crippen LogP contribution in [0.25, 0.3) is 0 Å². The number of nitrogens with one attached hydrogen (secondary N) is 3. The summed E-state index contributed by atoms with van der Waals surface area (Å²) in [6, 6.07) is 4.22. The molecule has 1 fully saturated rings. The van der Waals surface area contributed by atoms with E-state index in [-0.39, 0.29) is 29.7 Å². The summed E-state index contributed by atoms with van der Waals surface area (Å²) in [6.07, 6.45) is 4.52. The average molecular weight is 529 g/mol. The minimum atomic E-state index is -3.22. The van der Waals surface area contributed by atoms with Crippen molar-refractivity contribution >= 4 is 51.3 Å². The van der Waals surface area contributed by atoms with Gasteiger partial charge in [-0.15, -0.1) is 35.3 Å². The Morgan fingerprint density at radius 2 is 2.15 bits per heavy atom. The van der Waals surface area contributed by atoms with Crippen molar-refractivity contribution in [3.63, 3.8) is 0 Å². The molecule has 6 nitrogen and oxygen atoms in total. The van der Waals surface area contributed by atoms with Crippen molar-refractivity contribution in [3.05, 3.63) is 22.4 Å². The monoisotopic (exact) mass is 528 g/mol. The second-order valence-corrected chi connectivity index (χ2v) is 9.96. The van der Waals surface area contributed by atoms with E-state index in [1.54, 1.807) is 11.3 Å². The third-order valence-electron chi connectivity index (χ3n) is 4.51. The molecule has 27 heavy (non-hydrogen) atoms. The predicted octanol–water partition coefficient (Wildman–Crippen LogP) is 2.82. The highest BCUT2D eigenvalue weighted by atomic mass is 127. The number of rotatable bonds is 11. The van der Waals surface area contributed by atoms with Crippen molar-refractivity contribution in [2.75, 3.05) is 31.9 Å². The summed E-state index contributed by atoms with van der Waals surface area (Å²) in [6.45, 7) is 6.57. The molecule has 0 bridgehead atoms. The Morgan fingerprint density at radius 3 is 2.74 bits per heavy atom. The second kappa shape index (κ2) is 12.9. The van der Waals surface area contributed by atoms with E-state index in [1.807, 2.05) is 6.92 Å². The van der Waals surface area contributed by atoms with E-state index in [1.165, 1.54) is 11.3 Å². The molecule has 0 aliphatic heterocycles. The number of thiophene rings is 1. The lowest BCUT2D eigenvalue weighted by molar-refractivity contribution is 0.316. The number of sulfonamides is 1. The molecule has 1 saturated carbocycles. The van der Waals surface area contributed by atoms with Crippen LogP contribution in [0.4, 0.5) is 0 Å². The van der Waals surface area contributed by atoms with Crippen LogP contribution in [0.2, 0.25) is 0 Å². The van der Waals surface area contributed by atoms with Gasteiger partial charge in [0.25, 0.3) is 0 Å². The Balaban J connectivity index is 0.00000364. The van der Waals surface area contributed by atoms with Crippen molar-refractivity contribution in [2.24, 2.45) is 16.8 Å². The topological polar surface area (TPSA) is 82.6 Å². The van der Waals surface area contributed by atoms with Crippen LogP contribution in [-0.4, -0.2) is 46.3 Å². The molecule has 0 radical (unpaired) electrons. The van der Waals surface area contributed by atoms with Crippen LogP contribution >= 0.6 is 35.3 Å². The van der Waals surface area contributed by atoms with Gasteiger partial charge in [-0.25, -0.2) is 13.1 Å². The first kappa shape index (κ1) is 24.6. The summed E-state index contributed by atoms with van der Waals surface area (Å²) < 4.78 is 26.8. The molecule has 0 spiro atoms.